The van der Waals surface area contributed by atoms with E-state index in [9.17, 15) is 13.2 Å². The number of carbonyl (C=O) groups is 1. The van der Waals surface area contributed by atoms with Gasteiger partial charge in [-0.25, -0.2) is 8.42 Å². The minimum atomic E-state index is -3.43. The van der Waals surface area contributed by atoms with E-state index in [1.54, 1.807) is 0 Å². The number of nitrogens with one attached hydrogen (secondary N) is 2. The van der Waals surface area contributed by atoms with E-state index in [1.165, 1.54) is 0 Å². The zero-order valence-corrected chi connectivity index (χ0v) is 9.51. The van der Waals surface area contributed by atoms with Crippen LogP contribution in [0.4, 0.5) is 0 Å². The zero-order chi connectivity index (χ0) is 11.1. The van der Waals surface area contributed by atoms with Gasteiger partial charge in [0.15, 0.2) is 0 Å². The summed E-state index contributed by atoms with van der Waals surface area (Å²) in [7, 11) is -3.43. The highest BCUT2D eigenvalue weighted by atomic mass is 32.2. The molecule has 15 heavy (non-hydrogen) atoms. The standard InChI is InChI=1S/C9H16N2O3S/c1-15(13,14)11-9(12)8-7-4-2-3-6(7)5-10-8/h6-8,10H,2-5H2,1H3,(H,11,12). The molecule has 2 aliphatic rings. The van der Waals surface area contributed by atoms with Crippen molar-refractivity contribution in [2.75, 3.05) is 12.8 Å². The van der Waals surface area contributed by atoms with Crippen molar-refractivity contribution in [3.05, 3.63) is 0 Å². The number of hydrogen-bond donors (Lipinski definition) is 2. The monoisotopic (exact) mass is 232 g/mol. The number of sulfonamides is 1. The molecule has 0 aromatic rings. The summed E-state index contributed by atoms with van der Waals surface area (Å²) in [5, 5.41) is 3.10. The lowest BCUT2D eigenvalue weighted by atomic mass is 9.94. The van der Waals surface area contributed by atoms with Crippen molar-refractivity contribution in [2.24, 2.45) is 11.8 Å². The summed E-state index contributed by atoms with van der Waals surface area (Å²) in [6, 6.07) is -0.313. The van der Waals surface area contributed by atoms with Crippen LogP contribution in [0.5, 0.6) is 0 Å². The fourth-order valence-electron chi connectivity index (χ4n) is 2.72. The van der Waals surface area contributed by atoms with Crippen LogP contribution < -0.4 is 10.0 Å². The molecular weight excluding hydrogens is 216 g/mol. The molecule has 6 heteroatoms. The Morgan fingerprint density at radius 3 is 2.80 bits per heavy atom. The Hall–Kier alpha value is -0.620. The molecule has 0 spiro atoms. The second-order valence-corrected chi connectivity index (χ2v) is 6.23. The largest absolute Gasteiger partial charge is 0.305 e. The fraction of sp³-hybridized carbons (Fsp3) is 0.889. The number of hydrogen-bond acceptors (Lipinski definition) is 4. The van der Waals surface area contributed by atoms with Gasteiger partial charge in [-0.1, -0.05) is 6.42 Å². The predicted octanol–water partition coefficient (Wildman–Crippen LogP) is -0.550. The van der Waals surface area contributed by atoms with Crippen molar-refractivity contribution in [1.29, 1.82) is 0 Å². The molecule has 2 rings (SSSR count). The van der Waals surface area contributed by atoms with E-state index in [1.807, 2.05) is 4.72 Å². The summed E-state index contributed by atoms with van der Waals surface area (Å²) in [5.74, 6) is 0.485. The van der Waals surface area contributed by atoms with Gasteiger partial charge in [-0.15, -0.1) is 0 Å². The molecule has 0 aromatic heterocycles. The van der Waals surface area contributed by atoms with E-state index in [-0.39, 0.29) is 6.04 Å². The molecule has 5 nitrogen and oxygen atoms in total. The fourth-order valence-corrected chi connectivity index (χ4v) is 3.21. The van der Waals surface area contributed by atoms with Gasteiger partial charge in [0, 0.05) is 0 Å². The normalized spacial score (nSPS) is 35.1. The molecule has 1 saturated carbocycles. The molecule has 1 aliphatic heterocycles. The molecule has 1 heterocycles. The van der Waals surface area contributed by atoms with Crippen LogP contribution in [-0.4, -0.2) is 33.2 Å². The first-order valence-corrected chi connectivity index (χ1v) is 7.11. The summed E-state index contributed by atoms with van der Waals surface area (Å²) >= 11 is 0. The first-order valence-electron chi connectivity index (χ1n) is 5.22. The highest BCUT2D eigenvalue weighted by Gasteiger charge is 2.42. The van der Waals surface area contributed by atoms with Crippen molar-refractivity contribution in [3.8, 4) is 0 Å². The van der Waals surface area contributed by atoms with Gasteiger partial charge in [0.2, 0.25) is 10.0 Å². The Labute approximate surface area is 89.7 Å². The van der Waals surface area contributed by atoms with Gasteiger partial charge in [0.1, 0.15) is 0 Å². The lowest BCUT2D eigenvalue weighted by Crippen LogP contribution is -2.45. The second kappa shape index (κ2) is 3.75. The zero-order valence-electron chi connectivity index (χ0n) is 8.69. The third kappa shape index (κ3) is 2.31. The molecule has 1 saturated heterocycles. The molecule has 2 fully saturated rings. The van der Waals surface area contributed by atoms with Crippen molar-refractivity contribution in [2.45, 2.75) is 25.3 Å². The first-order chi connectivity index (χ1) is 6.97. The molecule has 86 valence electrons. The maximum atomic E-state index is 11.7. The average molecular weight is 232 g/mol. The Morgan fingerprint density at radius 1 is 1.40 bits per heavy atom. The highest BCUT2D eigenvalue weighted by Crippen LogP contribution is 2.37. The minimum Gasteiger partial charge on any atom is -0.305 e. The summed E-state index contributed by atoms with van der Waals surface area (Å²) in [6.45, 7) is 0.840. The molecule has 0 aromatic carbocycles. The predicted molar refractivity (Wildman–Crippen MR) is 55.6 cm³/mol. The molecule has 0 bridgehead atoms. The Balaban J connectivity index is 2.02. The minimum absolute atomic E-state index is 0.313. The van der Waals surface area contributed by atoms with E-state index >= 15 is 0 Å². The van der Waals surface area contributed by atoms with Crippen LogP contribution in [0.3, 0.4) is 0 Å². The Bertz CT molecular complexity index is 366. The van der Waals surface area contributed by atoms with Crippen LogP contribution >= 0.6 is 0 Å². The van der Waals surface area contributed by atoms with Crippen LogP contribution in [0.2, 0.25) is 0 Å². The van der Waals surface area contributed by atoms with Gasteiger partial charge in [0.05, 0.1) is 12.3 Å². The van der Waals surface area contributed by atoms with Crippen LogP contribution in [-0.2, 0) is 14.8 Å². The molecule has 1 aliphatic carbocycles. The topological polar surface area (TPSA) is 75.3 Å². The van der Waals surface area contributed by atoms with E-state index in [2.05, 4.69) is 5.32 Å². The van der Waals surface area contributed by atoms with Gasteiger partial charge in [-0.2, -0.15) is 0 Å². The summed E-state index contributed by atoms with van der Waals surface area (Å²) < 4.78 is 23.9. The number of carbonyl (C=O) groups excluding carboxylic acids is 1. The van der Waals surface area contributed by atoms with Crippen molar-refractivity contribution >= 4 is 15.9 Å². The van der Waals surface area contributed by atoms with E-state index in [0.717, 1.165) is 32.1 Å². The molecule has 2 N–H and O–H groups in total. The first kappa shape index (κ1) is 10.9. The molecule has 3 atom stereocenters. The van der Waals surface area contributed by atoms with Gasteiger partial charge < -0.3 is 5.32 Å². The Morgan fingerprint density at radius 2 is 2.13 bits per heavy atom. The third-order valence-corrected chi connectivity index (χ3v) is 3.89. The Kier molecular flexibility index (Phi) is 2.72. The maximum Gasteiger partial charge on any atom is 0.250 e. The average Bonchev–Trinajstić information content (AvgIpc) is 2.57. The lowest BCUT2D eigenvalue weighted by molar-refractivity contribution is -0.121. The smallest absolute Gasteiger partial charge is 0.250 e. The lowest BCUT2D eigenvalue weighted by Gasteiger charge is -2.16. The maximum absolute atomic E-state index is 11.7. The van der Waals surface area contributed by atoms with E-state index in [4.69, 9.17) is 0 Å². The summed E-state index contributed by atoms with van der Waals surface area (Å²) in [6.07, 6.45) is 4.34. The van der Waals surface area contributed by atoms with Crippen LogP contribution in [0.1, 0.15) is 19.3 Å². The molecule has 0 radical (unpaired) electrons. The highest BCUT2D eigenvalue weighted by molar-refractivity contribution is 7.89. The third-order valence-electron chi connectivity index (χ3n) is 3.31. The van der Waals surface area contributed by atoms with Crippen molar-refractivity contribution in [1.82, 2.24) is 10.0 Å². The van der Waals surface area contributed by atoms with Crippen molar-refractivity contribution < 1.29 is 13.2 Å². The van der Waals surface area contributed by atoms with Gasteiger partial charge >= 0.3 is 0 Å². The quantitative estimate of drug-likeness (QED) is 0.670. The number of rotatable bonds is 2. The van der Waals surface area contributed by atoms with Crippen LogP contribution in [0, 0.1) is 11.8 Å². The molecule has 1 amide bonds. The van der Waals surface area contributed by atoms with Crippen LogP contribution in [0.15, 0.2) is 0 Å². The van der Waals surface area contributed by atoms with Gasteiger partial charge in [-0.3, -0.25) is 9.52 Å². The van der Waals surface area contributed by atoms with Gasteiger partial charge in [-0.05, 0) is 31.2 Å². The second-order valence-electron chi connectivity index (χ2n) is 4.48. The SMILES string of the molecule is CS(=O)(=O)NC(=O)C1NCC2CCCC21. The summed E-state index contributed by atoms with van der Waals surface area (Å²) in [4.78, 5) is 11.7. The molecular formula is C9H16N2O3S. The van der Waals surface area contributed by atoms with E-state index in [0.29, 0.717) is 11.8 Å². The van der Waals surface area contributed by atoms with Crippen molar-refractivity contribution in [3.63, 3.8) is 0 Å². The van der Waals surface area contributed by atoms with Crippen LogP contribution in [0.25, 0.3) is 0 Å². The summed E-state index contributed by atoms with van der Waals surface area (Å²) in [5.41, 5.74) is 0. The van der Waals surface area contributed by atoms with Gasteiger partial charge in [0.25, 0.3) is 5.91 Å². The number of fused-ring (bicyclic) bond motifs is 1. The van der Waals surface area contributed by atoms with E-state index < -0.39 is 15.9 Å². The molecule has 3 unspecified atom stereocenters. The number of amides is 1.